The molecule has 1 aromatic heterocycles. The third-order valence-corrected chi connectivity index (χ3v) is 4.37. The summed E-state index contributed by atoms with van der Waals surface area (Å²) in [4.78, 5) is 0. The highest BCUT2D eigenvalue weighted by Gasteiger charge is 2.15. The Morgan fingerprint density at radius 3 is 2.56 bits per heavy atom. The van der Waals surface area contributed by atoms with E-state index in [-0.39, 0.29) is 0 Å². The molecule has 0 amide bonds. The van der Waals surface area contributed by atoms with Crippen LogP contribution in [0.25, 0.3) is 0 Å². The standard InChI is InChI=1S/C12H21NO2P/c1-4-15-16(3,14)11-5-8-13-9-6-12(2)7-10-13/h6-7,9-10H,4-5,8,11H2,1-3H3/q+1. The lowest BCUT2D eigenvalue weighted by Crippen LogP contribution is -2.32. The van der Waals surface area contributed by atoms with Crippen LogP contribution in [0, 0.1) is 6.92 Å². The molecular weight excluding hydrogens is 221 g/mol. The molecular formula is C12H21NO2P+. The molecule has 0 spiro atoms. The fraction of sp³-hybridized carbons (Fsp3) is 0.583. The fourth-order valence-electron chi connectivity index (χ4n) is 1.56. The van der Waals surface area contributed by atoms with Gasteiger partial charge in [-0.15, -0.1) is 0 Å². The van der Waals surface area contributed by atoms with E-state index < -0.39 is 7.37 Å². The monoisotopic (exact) mass is 242 g/mol. The minimum absolute atomic E-state index is 0.533. The van der Waals surface area contributed by atoms with Gasteiger partial charge in [-0.25, -0.2) is 4.57 Å². The molecule has 3 nitrogen and oxygen atoms in total. The maximum Gasteiger partial charge on any atom is 0.200 e. The van der Waals surface area contributed by atoms with Crippen LogP contribution in [0.1, 0.15) is 18.9 Å². The first kappa shape index (κ1) is 13.4. The van der Waals surface area contributed by atoms with Gasteiger partial charge >= 0.3 is 0 Å². The molecule has 1 rings (SSSR count). The van der Waals surface area contributed by atoms with Gasteiger partial charge in [0, 0.05) is 31.4 Å². The molecule has 4 heteroatoms. The van der Waals surface area contributed by atoms with E-state index in [9.17, 15) is 4.57 Å². The molecule has 1 heterocycles. The Labute approximate surface area is 97.9 Å². The van der Waals surface area contributed by atoms with Gasteiger partial charge < -0.3 is 4.52 Å². The molecule has 0 aromatic carbocycles. The minimum Gasteiger partial charge on any atom is -0.329 e. The van der Waals surface area contributed by atoms with Crippen LogP contribution in [-0.2, 0) is 15.6 Å². The lowest BCUT2D eigenvalue weighted by Gasteiger charge is -2.10. The molecule has 1 unspecified atom stereocenters. The van der Waals surface area contributed by atoms with Crippen LogP contribution in [0.3, 0.4) is 0 Å². The predicted molar refractivity (Wildman–Crippen MR) is 66.0 cm³/mol. The maximum atomic E-state index is 11.8. The van der Waals surface area contributed by atoms with Crippen LogP contribution in [0.15, 0.2) is 24.5 Å². The molecule has 1 atom stereocenters. The summed E-state index contributed by atoms with van der Waals surface area (Å²) in [5.74, 6) is 0. The van der Waals surface area contributed by atoms with Crippen molar-refractivity contribution in [1.29, 1.82) is 0 Å². The van der Waals surface area contributed by atoms with Crippen molar-refractivity contribution < 1.29 is 13.7 Å². The minimum atomic E-state index is -2.35. The van der Waals surface area contributed by atoms with Crippen molar-refractivity contribution in [2.75, 3.05) is 19.4 Å². The highest BCUT2D eigenvalue weighted by atomic mass is 31.2. The van der Waals surface area contributed by atoms with E-state index in [0.29, 0.717) is 12.8 Å². The van der Waals surface area contributed by atoms with E-state index in [0.717, 1.165) is 13.0 Å². The van der Waals surface area contributed by atoms with Crippen molar-refractivity contribution >= 4 is 7.37 Å². The zero-order valence-electron chi connectivity index (χ0n) is 10.3. The smallest absolute Gasteiger partial charge is 0.200 e. The highest BCUT2D eigenvalue weighted by Crippen LogP contribution is 2.42. The van der Waals surface area contributed by atoms with Crippen molar-refractivity contribution in [3.8, 4) is 0 Å². The first-order valence-electron chi connectivity index (χ1n) is 5.70. The van der Waals surface area contributed by atoms with Gasteiger partial charge in [0.15, 0.2) is 19.8 Å². The molecule has 0 bridgehead atoms. The van der Waals surface area contributed by atoms with Crippen molar-refractivity contribution in [3.63, 3.8) is 0 Å². The zero-order chi connectivity index (χ0) is 12.0. The Morgan fingerprint density at radius 1 is 1.38 bits per heavy atom. The molecule has 90 valence electrons. The second kappa shape index (κ2) is 6.17. The van der Waals surface area contributed by atoms with Crippen LogP contribution >= 0.6 is 7.37 Å². The molecule has 16 heavy (non-hydrogen) atoms. The summed E-state index contributed by atoms with van der Waals surface area (Å²) in [5.41, 5.74) is 1.26. The van der Waals surface area contributed by atoms with Gasteiger partial charge in [0.2, 0.25) is 0 Å². The number of aryl methyl sites for hydroxylation is 2. The fourth-order valence-corrected chi connectivity index (χ4v) is 2.95. The lowest BCUT2D eigenvalue weighted by atomic mass is 10.3. The normalized spacial score (nSPS) is 14.7. The predicted octanol–water partition coefficient (Wildman–Crippen LogP) is 2.62. The third-order valence-electron chi connectivity index (χ3n) is 2.44. The van der Waals surface area contributed by atoms with E-state index in [1.165, 1.54) is 5.56 Å². The van der Waals surface area contributed by atoms with Gasteiger partial charge in [0.05, 0.1) is 6.61 Å². The number of hydrogen-bond acceptors (Lipinski definition) is 2. The number of nitrogens with zero attached hydrogens (tertiary/aromatic N) is 1. The number of pyridine rings is 1. The van der Waals surface area contributed by atoms with Crippen LogP contribution < -0.4 is 4.57 Å². The molecule has 0 N–H and O–H groups in total. The summed E-state index contributed by atoms with van der Waals surface area (Å²) in [7, 11) is -2.35. The van der Waals surface area contributed by atoms with Crippen LogP contribution in [0.5, 0.6) is 0 Å². The van der Waals surface area contributed by atoms with Gasteiger partial charge in [-0.1, -0.05) is 0 Å². The van der Waals surface area contributed by atoms with Crippen LogP contribution in [0.2, 0.25) is 0 Å². The second-order valence-electron chi connectivity index (χ2n) is 4.12. The summed E-state index contributed by atoms with van der Waals surface area (Å²) in [6, 6.07) is 4.15. The summed E-state index contributed by atoms with van der Waals surface area (Å²) in [5, 5.41) is 0. The van der Waals surface area contributed by atoms with E-state index in [4.69, 9.17) is 4.52 Å². The van der Waals surface area contributed by atoms with Gasteiger partial charge in [0.25, 0.3) is 0 Å². The Bertz CT molecular complexity index is 362. The molecule has 0 saturated carbocycles. The van der Waals surface area contributed by atoms with Gasteiger partial charge in [-0.2, -0.15) is 0 Å². The second-order valence-corrected chi connectivity index (χ2v) is 6.86. The topological polar surface area (TPSA) is 30.2 Å². The summed E-state index contributed by atoms with van der Waals surface area (Å²) < 4.78 is 19.2. The van der Waals surface area contributed by atoms with Crippen LogP contribution in [-0.4, -0.2) is 19.4 Å². The van der Waals surface area contributed by atoms with E-state index in [2.05, 4.69) is 36.0 Å². The largest absolute Gasteiger partial charge is 0.329 e. The van der Waals surface area contributed by atoms with Gasteiger partial charge in [-0.05, 0) is 19.4 Å². The first-order valence-corrected chi connectivity index (χ1v) is 7.96. The Kier molecular flexibility index (Phi) is 5.17. The van der Waals surface area contributed by atoms with E-state index >= 15 is 0 Å². The third kappa shape index (κ3) is 4.91. The van der Waals surface area contributed by atoms with Crippen LogP contribution in [0.4, 0.5) is 0 Å². The van der Waals surface area contributed by atoms with Gasteiger partial charge in [0.1, 0.15) is 6.54 Å². The molecule has 0 radical (unpaired) electrons. The highest BCUT2D eigenvalue weighted by molar-refractivity contribution is 7.58. The molecule has 1 aromatic rings. The zero-order valence-corrected chi connectivity index (χ0v) is 11.2. The summed E-state index contributed by atoms with van der Waals surface area (Å²) >= 11 is 0. The molecule has 0 aliphatic carbocycles. The Hall–Kier alpha value is -0.660. The molecule has 0 aliphatic rings. The van der Waals surface area contributed by atoms with E-state index in [1.54, 1.807) is 6.66 Å². The average molecular weight is 242 g/mol. The molecule has 0 aliphatic heterocycles. The van der Waals surface area contributed by atoms with Gasteiger partial charge in [-0.3, -0.25) is 4.57 Å². The van der Waals surface area contributed by atoms with E-state index in [1.807, 2.05) is 6.92 Å². The average Bonchev–Trinajstić information content (AvgIpc) is 2.20. The van der Waals surface area contributed by atoms with Crippen molar-refractivity contribution in [3.05, 3.63) is 30.1 Å². The number of rotatable bonds is 6. The SMILES string of the molecule is CCOP(C)(=O)CCC[n+]1ccc(C)cc1. The Morgan fingerprint density at radius 2 is 2.00 bits per heavy atom. The van der Waals surface area contributed by atoms with Crippen molar-refractivity contribution in [1.82, 2.24) is 0 Å². The Balaban J connectivity index is 2.35. The number of aromatic nitrogens is 1. The molecule has 0 fully saturated rings. The maximum absolute atomic E-state index is 11.8. The summed E-state index contributed by atoms with van der Waals surface area (Å²) in [6.45, 7) is 7.09. The summed E-state index contributed by atoms with van der Waals surface area (Å²) in [6.07, 6.45) is 5.65. The van der Waals surface area contributed by atoms with Crippen molar-refractivity contribution in [2.45, 2.75) is 26.8 Å². The number of hydrogen-bond donors (Lipinski definition) is 0. The molecule has 0 saturated heterocycles. The quantitative estimate of drug-likeness (QED) is 0.567. The first-order chi connectivity index (χ1) is 7.53. The lowest BCUT2D eigenvalue weighted by molar-refractivity contribution is -0.696. The van der Waals surface area contributed by atoms with Crippen molar-refractivity contribution in [2.24, 2.45) is 0 Å².